The van der Waals surface area contributed by atoms with Crippen LogP contribution in [0.5, 0.6) is 5.75 Å². The van der Waals surface area contributed by atoms with Crippen molar-refractivity contribution in [3.05, 3.63) is 40.3 Å². The minimum atomic E-state index is -5.90. The maximum atomic E-state index is 12.4. The number of carboxylic acid groups (broad SMARTS) is 1. The summed E-state index contributed by atoms with van der Waals surface area (Å²) in [5, 5.41) is 18.1. The van der Waals surface area contributed by atoms with Crippen molar-refractivity contribution in [3.8, 4) is 22.3 Å². The largest absolute Gasteiger partial charge is 0.534 e. The van der Waals surface area contributed by atoms with Gasteiger partial charge in [0.05, 0.1) is 5.56 Å². The first-order valence-corrected chi connectivity index (χ1v) is 8.57. The van der Waals surface area contributed by atoms with Gasteiger partial charge in [-0.15, -0.1) is 11.3 Å². The molecule has 132 valence electrons. The molecular formula is C14H8F3NO5S2. The molecule has 11 heteroatoms. The van der Waals surface area contributed by atoms with E-state index in [9.17, 15) is 26.4 Å². The molecule has 0 fully saturated rings. The minimum Gasteiger partial charge on any atom is -0.477 e. The van der Waals surface area contributed by atoms with E-state index in [1.807, 2.05) is 0 Å². The highest BCUT2D eigenvalue weighted by molar-refractivity contribution is 7.88. The summed E-state index contributed by atoms with van der Waals surface area (Å²) < 4.78 is 63.2. The number of benzene rings is 1. The summed E-state index contributed by atoms with van der Waals surface area (Å²) in [6.07, 6.45) is 0. The molecule has 1 aromatic heterocycles. The fourth-order valence-electron chi connectivity index (χ4n) is 1.85. The lowest BCUT2D eigenvalue weighted by atomic mass is 10.1. The van der Waals surface area contributed by atoms with Crippen molar-refractivity contribution in [2.75, 3.05) is 0 Å². The smallest absolute Gasteiger partial charge is 0.477 e. The molecule has 0 radical (unpaired) electrons. The molecule has 2 aromatic rings. The highest BCUT2D eigenvalue weighted by Crippen LogP contribution is 2.35. The molecule has 2 rings (SSSR count). The minimum absolute atomic E-state index is 0.0773. The molecule has 1 heterocycles. The van der Waals surface area contributed by atoms with Gasteiger partial charge in [-0.25, -0.2) is 4.79 Å². The number of alkyl halides is 3. The van der Waals surface area contributed by atoms with Gasteiger partial charge in [0.25, 0.3) is 0 Å². The van der Waals surface area contributed by atoms with Gasteiger partial charge in [-0.2, -0.15) is 26.9 Å². The van der Waals surface area contributed by atoms with Crippen molar-refractivity contribution in [1.82, 2.24) is 0 Å². The zero-order valence-corrected chi connectivity index (χ0v) is 13.9. The van der Waals surface area contributed by atoms with Crippen molar-refractivity contribution in [2.24, 2.45) is 0 Å². The predicted molar refractivity (Wildman–Crippen MR) is 81.8 cm³/mol. The zero-order chi connectivity index (χ0) is 19.0. The molecule has 0 amide bonds. The Morgan fingerprint density at radius 2 is 1.96 bits per heavy atom. The molecule has 1 aromatic carbocycles. The third-order valence-electron chi connectivity index (χ3n) is 2.98. The maximum absolute atomic E-state index is 12.4. The highest BCUT2D eigenvalue weighted by atomic mass is 32.2. The summed E-state index contributed by atoms with van der Waals surface area (Å²) in [4.78, 5) is 11.6. The van der Waals surface area contributed by atoms with E-state index >= 15 is 0 Å². The summed E-state index contributed by atoms with van der Waals surface area (Å²) in [6.45, 7) is 1.57. The van der Waals surface area contributed by atoms with Crippen LogP contribution in [0.1, 0.15) is 20.8 Å². The second-order valence-electron chi connectivity index (χ2n) is 4.73. The molecule has 6 nitrogen and oxygen atoms in total. The van der Waals surface area contributed by atoms with Crippen LogP contribution >= 0.6 is 11.3 Å². The molecule has 0 saturated carbocycles. The number of hydrogen-bond acceptors (Lipinski definition) is 6. The normalized spacial score (nSPS) is 11.8. The molecular weight excluding hydrogens is 383 g/mol. The quantitative estimate of drug-likeness (QED) is 0.632. The number of aromatic carboxylic acids is 1. The van der Waals surface area contributed by atoms with E-state index in [0.717, 1.165) is 23.5 Å². The lowest BCUT2D eigenvalue weighted by molar-refractivity contribution is -0.0500. The number of aryl methyl sites for hydroxylation is 1. The lowest BCUT2D eigenvalue weighted by Gasteiger charge is -2.11. The van der Waals surface area contributed by atoms with Crippen LogP contribution in [-0.2, 0) is 10.1 Å². The Labute approximate surface area is 143 Å². The topological polar surface area (TPSA) is 104 Å². The van der Waals surface area contributed by atoms with E-state index in [-0.39, 0.29) is 4.88 Å². The average Bonchev–Trinajstić information content (AvgIpc) is 2.88. The van der Waals surface area contributed by atoms with Crippen molar-refractivity contribution >= 4 is 27.4 Å². The van der Waals surface area contributed by atoms with Crippen LogP contribution in [0.4, 0.5) is 13.2 Å². The Morgan fingerprint density at radius 1 is 1.32 bits per heavy atom. The molecule has 0 bridgehead atoms. The summed E-state index contributed by atoms with van der Waals surface area (Å²) >= 11 is 0.915. The number of nitriles is 1. The van der Waals surface area contributed by atoms with Gasteiger partial charge in [0.15, 0.2) is 5.75 Å². The summed E-state index contributed by atoms with van der Waals surface area (Å²) in [7, 11) is -5.90. The van der Waals surface area contributed by atoms with Crippen LogP contribution in [0.2, 0.25) is 0 Å². The first-order chi connectivity index (χ1) is 11.5. The van der Waals surface area contributed by atoms with Gasteiger partial charge in [0, 0.05) is 4.88 Å². The van der Waals surface area contributed by atoms with Crippen molar-refractivity contribution in [1.29, 1.82) is 5.26 Å². The molecule has 0 saturated heterocycles. The van der Waals surface area contributed by atoms with Crippen LogP contribution in [0.15, 0.2) is 24.3 Å². The molecule has 25 heavy (non-hydrogen) atoms. The molecule has 0 unspecified atom stereocenters. The average molecular weight is 391 g/mol. The van der Waals surface area contributed by atoms with Crippen molar-refractivity contribution < 1.29 is 35.7 Å². The van der Waals surface area contributed by atoms with Gasteiger partial charge in [-0.3, -0.25) is 0 Å². The van der Waals surface area contributed by atoms with E-state index in [4.69, 9.17) is 10.4 Å². The monoisotopic (exact) mass is 391 g/mol. The molecule has 0 atom stereocenters. The van der Waals surface area contributed by atoms with E-state index in [2.05, 4.69) is 4.18 Å². The zero-order valence-electron chi connectivity index (χ0n) is 12.3. The summed E-state index contributed by atoms with van der Waals surface area (Å²) in [5.74, 6) is -1.90. The number of hydrogen-bond donors (Lipinski definition) is 1. The van der Waals surface area contributed by atoms with Gasteiger partial charge in [0.2, 0.25) is 0 Å². The third-order valence-corrected chi connectivity index (χ3v) is 5.22. The number of nitrogens with zero attached hydrogens (tertiary/aromatic N) is 1. The lowest BCUT2D eigenvalue weighted by Crippen LogP contribution is -2.28. The van der Waals surface area contributed by atoms with Crippen LogP contribution in [0, 0.1) is 18.3 Å². The first kappa shape index (κ1) is 18.8. The fraction of sp³-hybridized carbons (Fsp3) is 0.143. The van der Waals surface area contributed by atoms with Crippen LogP contribution < -0.4 is 4.18 Å². The fourth-order valence-corrected chi connectivity index (χ4v) is 3.33. The van der Waals surface area contributed by atoms with Gasteiger partial charge in [-0.1, -0.05) is 0 Å². The molecule has 1 N–H and O–H groups in total. The number of thiophene rings is 1. The summed E-state index contributed by atoms with van der Waals surface area (Å²) in [5.41, 5.74) is -5.24. The Morgan fingerprint density at radius 3 is 2.44 bits per heavy atom. The van der Waals surface area contributed by atoms with Gasteiger partial charge < -0.3 is 9.29 Å². The van der Waals surface area contributed by atoms with Crippen LogP contribution in [0.3, 0.4) is 0 Å². The Hall–Kier alpha value is -2.58. The number of carboxylic acids is 1. The molecule has 0 aliphatic rings. The Bertz CT molecular complexity index is 987. The highest BCUT2D eigenvalue weighted by Gasteiger charge is 2.48. The van der Waals surface area contributed by atoms with Crippen LogP contribution in [0.25, 0.3) is 10.4 Å². The van der Waals surface area contributed by atoms with Crippen molar-refractivity contribution in [3.63, 3.8) is 0 Å². The third kappa shape index (κ3) is 3.75. The number of halogens is 3. The Balaban J connectivity index is 2.46. The van der Waals surface area contributed by atoms with Crippen LogP contribution in [-0.4, -0.2) is 25.0 Å². The van der Waals surface area contributed by atoms with E-state index < -0.39 is 32.9 Å². The van der Waals surface area contributed by atoms with E-state index in [1.54, 1.807) is 13.0 Å². The summed E-state index contributed by atoms with van der Waals surface area (Å²) in [6, 6.07) is 6.36. The first-order valence-electron chi connectivity index (χ1n) is 6.35. The molecule has 0 spiro atoms. The number of carbonyl (C=O) groups is 1. The van der Waals surface area contributed by atoms with Gasteiger partial charge in [0.1, 0.15) is 10.9 Å². The second-order valence-corrected chi connectivity index (χ2v) is 7.32. The second kappa shape index (κ2) is 6.38. The maximum Gasteiger partial charge on any atom is 0.534 e. The van der Waals surface area contributed by atoms with Gasteiger partial charge in [-0.05, 0) is 42.3 Å². The van der Waals surface area contributed by atoms with E-state index in [0.29, 0.717) is 16.0 Å². The molecule has 0 aliphatic heterocycles. The van der Waals surface area contributed by atoms with Gasteiger partial charge >= 0.3 is 21.6 Å². The number of rotatable bonds is 4. The predicted octanol–water partition coefficient (Wildman–Crippen LogP) is 3.52. The van der Waals surface area contributed by atoms with Crippen molar-refractivity contribution in [2.45, 2.75) is 12.4 Å². The van der Waals surface area contributed by atoms with E-state index in [1.165, 1.54) is 12.1 Å². The Kier molecular flexibility index (Phi) is 4.79. The SMILES string of the molecule is Cc1cc(-c2ccc(OS(=O)(=O)C(F)(F)F)c(C#N)c2)sc1C(=O)O. The molecule has 0 aliphatic carbocycles. The standard InChI is InChI=1S/C14H8F3NO5S2/c1-7-4-11(24-12(7)13(19)20)8-2-3-10(9(5-8)6-18)23-25(21,22)14(15,16)17/h2-5H,1H3,(H,19,20).